The molecule has 1 heterocycles. The average Bonchev–Trinajstić information content (AvgIpc) is 3.27. The first-order valence-corrected chi connectivity index (χ1v) is 7.70. The first-order chi connectivity index (χ1) is 10.5. The second kappa shape index (κ2) is 5.83. The maximum atomic E-state index is 13.4. The fourth-order valence-corrected chi connectivity index (χ4v) is 3.18. The quantitative estimate of drug-likeness (QED) is 0.901. The number of hydrogen-bond donors (Lipinski definition) is 2. The first-order valence-electron chi connectivity index (χ1n) is 7.70. The van der Waals surface area contributed by atoms with Gasteiger partial charge in [-0.3, -0.25) is 0 Å². The lowest BCUT2D eigenvalue weighted by Gasteiger charge is -2.36. The van der Waals surface area contributed by atoms with Crippen molar-refractivity contribution in [3.8, 4) is 0 Å². The Labute approximate surface area is 128 Å². The topological polar surface area (TPSA) is 52.6 Å². The Kier molecular flexibility index (Phi) is 4.04. The molecule has 0 radical (unpaired) electrons. The summed E-state index contributed by atoms with van der Waals surface area (Å²) in [5, 5.41) is 12.3. The minimum atomic E-state index is -0.669. The van der Waals surface area contributed by atoms with Gasteiger partial charge in [0.2, 0.25) is 0 Å². The van der Waals surface area contributed by atoms with Gasteiger partial charge in [-0.1, -0.05) is 0 Å². The van der Waals surface area contributed by atoms with Crippen molar-refractivity contribution in [2.45, 2.75) is 43.7 Å². The molecule has 1 aromatic carbocycles. The zero-order chi connectivity index (χ0) is 15.7. The van der Waals surface area contributed by atoms with Gasteiger partial charge in [-0.15, -0.1) is 0 Å². The van der Waals surface area contributed by atoms with Crippen LogP contribution in [0.3, 0.4) is 0 Å². The number of nitrogens with one attached hydrogen (secondary N) is 1. The third-order valence-corrected chi connectivity index (χ3v) is 4.61. The number of piperidine rings is 1. The second-order valence-electron chi connectivity index (χ2n) is 6.20. The molecule has 2 amide bonds. The van der Waals surface area contributed by atoms with E-state index >= 15 is 0 Å². The van der Waals surface area contributed by atoms with Crippen LogP contribution in [0.5, 0.6) is 0 Å². The molecule has 1 saturated carbocycles. The lowest BCUT2D eigenvalue weighted by Crippen LogP contribution is -2.52. The summed E-state index contributed by atoms with van der Waals surface area (Å²) in [6.07, 6.45) is 4.02. The van der Waals surface area contributed by atoms with Crippen LogP contribution in [0.4, 0.5) is 13.6 Å². The Bertz CT molecular complexity index is 555. The highest BCUT2D eigenvalue weighted by molar-refractivity contribution is 5.76. The number of likely N-dealkylation sites (tertiary alicyclic amines) is 1. The highest BCUT2D eigenvalue weighted by atomic mass is 19.1. The predicted molar refractivity (Wildman–Crippen MR) is 77.2 cm³/mol. The van der Waals surface area contributed by atoms with Crippen LogP contribution in [0.15, 0.2) is 18.2 Å². The second-order valence-corrected chi connectivity index (χ2v) is 6.20. The van der Waals surface area contributed by atoms with Gasteiger partial charge in [0.25, 0.3) is 0 Å². The van der Waals surface area contributed by atoms with E-state index in [4.69, 9.17) is 0 Å². The van der Waals surface area contributed by atoms with Gasteiger partial charge in [0.1, 0.15) is 11.6 Å². The maximum absolute atomic E-state index is 13.4. The lowest BCUT2D eigenvalue weighted by molar-refractivity contribution is 0.105. The molecule has 22 heavy (non-hydrogen) atoms. The van der Waals surface area contributed by atoms with Gasteiger partial charge in [-0.2, -0.15) is 0 Å². The SMILES string of the molecule is O=C(NC1(c2cc(F)cc(F)c2)CC1)N1CCCC[C@H]1CO. The van der Waals surface area contributed by atoms with Gasteiger partial charge in [0, 0.05) is 12.6 Å². The Morgan fingerprint density at radius 1 is 1.27 bits per heavy atom. The third-order valence-electron chi connectivity index (χ3n) is 4.61. The van der Waals surface area contributed by atoms with E-state index in [-0.39, 0.29) is 18.7 Å². The molecule has 2 fully saturated rings. The molecule has 120 valence electrons. The van der Waals surface area contributed by atoms with Crippen molar-refractivity contribution in [2.75, 3.05) is 13.2 Å². The summed E-state index contributed by atoms with van der Waals surface area (Å²) < 4.78 is 26.8. The molecular weight excluding hydrogens is 290 g/mol. The van der Waals surface area contributed by atoms with Gasteiger partial charge < -0.3 is 15.3 Å². The molecule has 0 unspecified atom stereocenters. The number of aliphatic hydroxyl groups is 1. The standard InChI is InChI=1S/C16H20F2N2O2/c17-12-7-11(8-13(18)9-12)16(4-5-16)19-15(22)20-6-2-1-3-14(20)10-21/h7-9,14,21H,1-6,10H2,(H,19,22)/t14-/m0/s1. The Morgan fingerprint density at radius 3 is 2.55 bits per heavy atom. The molecule has 6 heteroatoms. The molecule has 1 atom stereocenters. The number of amides is 2. The Balaban J connectivity index is 1.75. The van der Waals surface area contributed by atoms with E-state index < -0.39 is 17.2 Å². The van der Waals surface area contributed by atoms with Crippen LogP contribution < -0.4 is 5.32 Å². The molecule has 2 aliphatic rings. The molecule has 1 saturated heterocycles. The smallest absolute Gasteiger partial charge is 0.318 e. The lowest BCUT2D eigenvalue weighted by atomic mass is 10.0. The summed E-state index contributed by atoms with van der Waals surface area (Å²) >= 11 is 0. The predicted octanol–water partition coefficient (Wildman–Crippen LogP) is 2.51. The summed E-state index contributed by atoms with van der Waals surface area (Å²) in [6.45, 7) is 0.541. The maximum Gasteiger partial charge on any atom is 0.318 e. The number of hydrogen-bond acceptors (Lipinski definition) is 2. The fourth-order valence-electron chi connectivity index (χ4n) is 3.18. The molecule has 0 aromatic heterocycles. The van der Waals surface area contributed by atoms with Crippen LogP contribution in [0.1, 0.15) is 37.7 Å². The molecule has 0 bridgehead atoms. The average molecular weight is 310 g/mol. The number of benzene rings is 1. The zero-order valence-electron chi connectivity index (χ0n) is 12.3. The minimum Gasteiger partial charge on any atom is -0.394 e. The molecule has 2 N–H and O–H groups in total. The van der Waals surface area contributed by atoms with Crippen LogP contribution in [-0.4, -0.2) is 35.2 Å². The summed E-state index contributed by atoms with van der Waals surface area (Å²) in [5.41, 5.74) is -0.201. The molecule has 3 rings (SSSR count). The first kappa shape index (κ1) is 15.2. The van der Waals surface area contributed by atoms with E-state index in [1.165, 1.54) is 12.1 Å². The highest BCUT2D eigenvalue weighted by Crippen LogP contribution is 2.46. The number of carbonyl (C=O) groups is 1. The molecule has 1 aromatic rings. The molecule has 4 nitrogen and oxygen atoms in total. The fraction of sp³-hybridized carbons (Fsp3) is 0.562. The summed E-state index contributed by atoms with van der Waals surface area (Å²) in [5.74, 6) is -1.27. The summed E-state index contributed by atoms with van der Waals surface area (Å²) in [7, 11) is 0. The van der Waals surface area contributed by atoms with Crippen LogP contribution in [-0.2, 0) is 5.54 Å². The van der Waals surface area contributed by atoms with Gasteiger partial charge in [-0.25, -0.2) is 13.6 Å². The monoisotopic (exact) mass is 310 g/mol. The van der Waals surface area contributed by atoms with E-state index in [9.17, 15) is 18.7 Å². The zero-order valence-corrected chi connectivity index (χ0v) is 12.3. The van der Waals surface area contributed by atoms with Crippen molar-refractivity contribution in [1.29, 1.82) is 0 Å². The number of carbonyl (C=O) groups excluding carboxylic acids is 1. The Hall–Kier alpha value is -1.69. The molecule has 0 spiro atoms. The third kappa shape index (κ3) is 2.92. The van der Waals surface area contributed by atoms with E-state index in [2.05, 4.69) is 5.32 Å². The van der Waals surface area contributed by atoms with Crippen molar-refractivity contribution in [2.24, 2.45) is 0 Å². The van der Waals surface area contributed by atoms with Crippen LogP contribution >= 0.6 is 0 Å². The van der Waals surface area contributed by atoms with E-state index in [1.54, 1.807) is 4.90 Å². The van der Waals surface area contributed by atoms with Crippen LogP contribution in [0, 0.1) is 11.6 Å². The van der Waals surface area contributed by atoms with Crippen molar-refractivity contribution in [3.05, 3.63) is 35.4 Å². The molecular formula is C16H20F2N2O2. The number of rotatable bonds is 3. The molecule has 1 aliphatic carbocycles. The van der Waals surface area contributed by atoms with Crippen molar-refractivity contribution in [3.63, 3.8) is 0 Å². The minimum absolute atomic E-state index is 0.0605. The van der Waals surface area contributed by atoms with E-state index in [1.807, 2.05) is 0 Å². The van der Waals surface area contributed by atoms with Crippen LogP contribution in [0.2, 0.25) is 0 Å². The van der Waals surface area contributed by atoms with Gasteiger partial charge in [0.15, 0.2) is 0 Å². The van der Waals surface area contributed by atoms with Gasteiger partial charge >= 0.3 is 6.03 Å². The van der Waals surface area contributed by atoms with Crippen LogP contribution in [0.25, 0.3) is 0 Å². The largest absolute Gasteiger partial charge is 0.394 e. The normalized spacial score (nSPS) is 23.2. The van der Waals surface area contributed by atoms with E-state index in [0.29, 0.717) is 24.9 Å². The van der Waals surface area contributed by atoms with Crippen molar-refractivity contribution in [1.82, 2.24) is 10.2 Å². The summed E-state index contributed by atoms with van der Waals surface area (Å²) in [6, 6.07) is 2.94. The number of halogens is 2. The van der Waals surface area contributed by atoms with Crippen molar-refractivity contribution >= 4 is 6.03 Å². The van der Waals surface area contributed by atoms with Gasteiger partial charge in [-0.05, 0) is 49.8 Å². The number of urea groups is 1. The summed E-state index contributed by atoms with van der Waals surface area (Å²) in [4.78, 5) is 14.1. The Morgan fingerprint density at radius 2 is 1.95 bits per heavy atom. The molecule has 1 aliphatic heterocycles. The van der Waals surface area contributed by atoms with Gasteiger partial charge in [0.05, 0.1) is 18.2 Å². The number of aliphatic hydroxyl groups excluding tert-OH is 1. The highest BCUT2D eigenvalue weighted by Gasteiger charge is 2.47. The van der Waals surface area contributed by atoms with E-state index in [0.717, 1.165) is 25.3 Å². The number of nitrogens with zero attached hydrogens (tertiary/aromatic N) is 1. The van der Waals surface area contributed by atoms with Crippen molar-refractivity contribution < 1.29 is 18.7 Å².